The third-order valence-electron chi connectivity index (χ3n) is 3.33. The minimum Gasteiger partial charge on any atom is -0.508 e. The molecule has 0 saturated carbocycles. The lowest BCUT2D eigenvalue weighted by Gasteiger charge is -2.14. The molecular formula is C15H11NO4. The number of carbonyl (C=O) groups is 2. The second-order valence-corrected chi connectivity index (χ2v) is 4.62. The molecule has 0 unspecified atom stereocenters. The number of aromatic hydroxyl groups is 2. The molecule has 1 aliphatic rings. The van der Waals surface area contributed by atoms with E-state index in [1.165, 1.54) is 30.3 Å². The predicted molar refractivity (Wildman–Crippen MR) is 72.1 cm³/mol. The second-order valence-electron chi connectivity index (χ2n) is 4.62. The molecule has 1 heterocycles. The molecular weight excluding hydrogens is 258 g/mol. The van der Waals surface area contributed by atoms with Crippen molar-refractivity contribution in [3.05, 3.63) is 53.1 Å². The maximum atomic E-state index is 12.3. The first-order valence-corrected chi connectivity index (χ1v) is 6.01. The predicted octanol–water partition coefficient (Wildman–Crippen LogP) is 2.21. The Morgan fingerprint density at radius 1 is 0.950 bits per heavy atom. The van der Waals surface area contributed by atoms with Crippen LogP contribution in [0.2, 0.25) is 0 Å². The SMILES string of the molecule is Cc1cc(N2C(=O)c3cccc(O)c3C2=O)ccc1O. The molecule has 3 rings (SSSR count). The Morgan fingerprint density at radius 3 is 2.35 bits per heavy atom. The number of nitrogens with zero attached hydrogens (tertiary/aromatic N) is 1. The standard InChI is InChI=1S/C15H11NO4/c1-8-7-9(5-6-11(8)17)16-14(19)10-3-2-4-12(18)13(10)15(16)20/h2-7,17-18H,1H3. The molecule has 0 bridgehead atoms. The summed E-state index contributed by atoms with van der Waals surface area (Å²) >= 11 is 0. The van der Waals surface area contributed by atoms with Gasteiger partial charge in [-0.05, 0) is 42.8 Å². The molecule has 5 nitrogen and oxygen atoms in total. The van der Waals surface area contributed by atoms with Crippen LogP contribution in [0.15, 0.2) is 36.4 Å². The van der Waals surface area contributed by atoms with Gasteiger partial charge in [0.15, 0.2) is 0 Å². The van der Waals surface area contributed by atoms with Crippen LogP contribution in [0, 0.1) is 6.92 Å². The first-order chi connectivity index (χ1) is 9.50. The molecule has 100 valence electrons. The normalized spacial score (nSPS) is 13.8. The van der Waals surface area contributed by atoms with Crippen molar-refractivity contribution in [2.75, 3.05) is 4.90 Å². The fourth-order valence-electron chi connectivity index (χ4n) is 2.28. The largest absolute Gasteiger partial charge is 0.508 e. The zero-order valence-electron chi connectivity index (χ0n) is 10.6. The third-order valence-corrected chi connectivity index (χ3v) is 3.33. The highest BCUT2D eigenvalue weighted by Gasteiger charge is 2.38. The Kier molecular flexibility index (Phi) is 2.50. The third kappa shape index (κ3) is 1.56. The van der Waals surface area contributed by atoms with Gasteiger partial charge in [0.25, 0.3) is 11.8 Å². The summed E-state index contributed by atoms with van der Waals surface area (Å²) in [6.45, 7) is 1.68. The second kappa shape index (κ2) is 4.09. The molecule has 0 fully saturated rings. The van der Waals surface area contributed by atoms with E-state index in [-0.39, 0.29) is 22.6 Å². The minimum absolute atomic E-state index is 0.0169. The van der Waals surface area contributed by atoms with Crippen molar-refractivity contribution in [2.24, 2.45) is 0 Å². The Hall–Kier alpha value is -2.82. The molecule has 0 spiro atoms. The molecule has 2 amide bonds. The van der Waals surface area contributed by atoms with Gasteiger partial charge in [-0.3, -0.25) is 9.59 Å². The van der Waals surface area contributed by atoms with E-state index in [9.17, 15) is 19.8 Å². The maximum Gasteiger partial charge on any atom is 0.269 e. The first-order valence-electron chi connectivity index (χ1n) is 6.01. The number of hydrogen-bond acceptors (Lipinski definition) is 4. The van der Waals surface area contributed by atoms with E-state index in [0.717, 1.165) is 4.90 Å². The summed E-state index contributed by atoms with van der Waals surface area (Å²) in [6, 6.07) is 8.85. The molecule has 2 aromatic carbocycles. The number of amides is 2. The zero-order valence-corrected chi connectivity index (χ0v) is 10.6. The van der Waals surface area contributed by atoms with E-state index in [1.54, 1.807) is 13.0 Å². The average molecular weight is 269 g/mol. The first kappa shape index (κ1) is 12.2. The molecule has 1 aliphatic heterocycles. The van der Waals surface area contributed by atoms with E-state index in [4.69, 9.17) is 0 Å². The van der Waals surface area contributed by atoms with Crippen LogP contribution in [0.3, 0.4) is 0 Å². The molecule has 5 heteroatoms. The quantitative estimate of drug-likeness (QED) is 0.778. The van der Waals surface area contributed by atoms with Crippen LogP contribution in [0.5, 0.6) is 11.5 Å². The fraction of sp³-hybridized carbons (Fsp3) is 0.0667. The average Bonchev–Trinajstić information content (AvgIpc) is 2.67. The van der Waals surface area contributed by atoms with Crippen LogP contribution < -0.4 is 4.90 Å². The van der Waals surface area contributed by atoms with Gasteiger partial charge in [0.1, 0.15) is 11.5 Å². The maximum absolute atomic E-state index is 12.3. The Balaban J connectivity index is 2.14. The number of benzene rings is 2. The number of rotatable bonds is 1. The van der Waals surface area contributed by atoms with Crippen molar-refractivity contribution in [1.82, 2.24) is 0 Å². The highest BCUT2D eigenvalue weighted by atomic mass is 16.3. The van der Waals surface area contributed by atoms with Gasteiger partial charge in [0.2, 0.25) is 0 Å². The Labute approximate surface area is 114 Å². The number of fused-ring (bicyclic) bond motifs is 1. The molecule has 0 radical (unpaired) electrons. The van der Waals surface area contributed by atoms with E-state index >= 15 is 0 Å². The number of phenols is 2. The van der Waals surface area contributed by atoms with Gasteiger partial charge >= 0.3 is 0 Å². The van der Waals surface area contributed by atoms with Crippen LogP contribution in [0.25, 0.3) is 0 Å². The van der Waals surface area contributed by atoms with Gasteiger partial charge in [-0.25, -0.2) is 4.90 Å². The van der Waals surface area contributed by atoms with E-state index in [0.29, 0.717) is 11.3 Å². The number of hydrogen-bond donors (Lipinski definition) is 2. The van der Waals surface area contributed by atoms with Crippen LogP contribution in [-0.2, 0) is 0 Å². The van der Waals surface area contributed by atoms with Gasteiger partial charge in [-0.2, -0.15) is 0 Å². The summed E-state index contributed by atoms with van der Waals surface area (Å²) in [7, 11) is 0. The Bertz CT molecular complexity index is 752. The van der Waals surface area contributed by atoms with Gasteiger partial charge in [-0.1, -0.05) is 6.07 Å². The van der Waals surface area contributed by atoms with Crippen molar-refractivity contribution < 1.29 is 19.8 Å². The lowest BCUT2D eigenvalue weighted by Crippen LogP contribution is -2.29. The van der Waals surface area contributed by atoms with Crippen LogP contribution in [0.1, 0.15) is 26.3 Å². The fourth-order valence-corrected chi connectivity index (χ4v) is 2.28. The molecule has 0 aromatic heterocycles. The number of carbonyl (C=O) groups excluding carboxylic acids is 2. The van der Waals surface area contributed by atoms with Crippen LogP contribution in [0.4, 0.5) is 5.69 Å². The molecule has 0 saturated heterocycles. The topological polar surface area (TPSA) is 77.8 Å². The molecule has 0 atom stereocenters. The highest BCUT2D eigenvalue weighted by Crippen LogP contribution is 2.34. The number of anilines is 1. The Morgan fingerprint density at radius 2 is 1.70 bits per heavy atom. The molecule has 2 aromatic rings. The van der Waals surface area contributed by atoms with E-state index in [1.807, 2.05) is 0 Å². The lowest BCUT2D eigenvalue weighted by atomic mass is 10.1. The smallest absolute Gasteiger partial charge is 0.269 e. The molecule has 0 aliphatic carbocycles. The summed E-state index contributed by atoms with van der Waals surface area (Å²) in [4.78, 5) is 25.6. The minimum atomic E-state index is -0.562. The summed E-state index contributed by atoms with van der Waals surface area (Å²) in [5, 5.41) is 19.3. The summed E-state index contributed by atoms with van der Waals surface area (Å²) in [5.74, 6) is -1.16. The number of imide groups is 1. The molecule has 2 N–H and O–H groups in total. The summed E-state index contributed by atoms with van der Waals surface area (Å²) < 4.78 is 0. The monoisotopic (exact) mass is 269 g/mol. The van der Waals surface area contributed by atoms with Crippen molar-refractivity contribution in [2.45, 2.75) is 6.92 Å². The van der Waals surface area contributed by atoms with E-state index in [2.05, 4.69) is 0 Å². The van der Waals surface area contributed by atoms with Gasteiger partial charge in [0.05, 0.1) is 16.8 Å². The van der Waals surface area contributed by atoms with Gasteiger partial charge in [0, 0.05) is 0 Å². The van der Waals surface area contributed by atoms with Crippen LogP contribution >= 0.6 is 0 Å². The summed E-state index contributed by atoms with van der Waals surface area (Å²) in [6.07, 6.45) is 0. The number of phenolic OH excluding ortho intramolecular Hbond substituents is 2. The van der Waals surface area contributed by atoms with E-state index < -0.39 is 11.8 Å². The summed E-state index contributed by atoms with van der Waals surface area (Å²) in [5.41, 5.74) is 1.12. The lowest BCUT2D eigenvalue weighted by molar-refractivity contribution is 0.0925. The van der Waals surface area contributed by atoms with Crippen molar-refractivity contribution in [1.29, 1.82) is 0 Å². The van der Waals surface area contributed by atoms with Gasteiger partial charge in [-0.15, -0.1) is 0 Å². The highest BCUT2D eigenvalue weighted by molar-refractivity contribution is 6.35. The van der Waals surface area contributed by atoms with Gasteiger partial charge < -0.3 is 10.2 Å². The van der Waals surface area contributed by atoms with Crippen LogP contribution in [-0.4, -0.2) is 22.0 Å². The van der Waals surface area contributed by atoms with Crippen molar-refractivity contribution >= 4 is 17.5 Å². The number of aryl methyl sites for hydroxylation is 1. The zero-order chi connectivity index (χ0) is 14.4. The molecule has 20 heavy (non-hydrogen) atoms. The van der Waals surface area contributed by atoms with Crippen molar-refractivity contribution in [3.63, 3.8) is 0 Å². The van der Waals surface area contributed by atoms with Crippen molar-refractivity contribution in [3.8, 4) is 11.5 Å².